The Morgan fingerprint density at radius 3 is 2.31 bits per heavy atom. The van der Waals surface area contributed by atoms with E-state index in [1.807, 2.05) is 24.3 Å². The summed E-state index contributed by atoms with van der Waals surface area (Å²) >= 11 is 0. The second kappa shape index (κ2) is 10.4. The second-order valence-electron chi connectivity index (χ2n) is 9.65. The van der Waals surface area contributed by atoms with Gasteiger partial charge in [-0.15, -0.1) is 0 Å². The summed E-state index contributed by atoms with van der Waals surface area (Å²) in [6.07, 6.45) is 2.51. The van der Waals surface area contributed by atoms with Gasteiger partial charge in [0.05, 0.1) is 12.4 Å². The van der Waals surface area contributed by atoms with E-state index in [-0.39, 0.29) is 5.82 Å². The minimum Gasteiger partial charge on any atom is -0.493 e. The van der Waals surface area contributed by atoms with Gasteiger partial charge < -0.3 is 20.3 Å². The van der Waals surface area contributed by atoms with Crippen LogP contribution in [0.3, 0.4) is 0 Å². The van der Waals surface area contributed by atoms with Crippen LogP contribution in [0.5, 0.6) is 5.75 Å². The number of fused-ring (bicyclic) bond motifs is 2. The van der Waals surface area contributed by atoms with E-state index in [1.165, 1.54) is 18.4 Å². The molecule has 0 aromatic heterocycles. The SMILES string of the molecule is C=C(NCc1ccc(OCC(C)C)cc1)N(Cc1ccc(F)cc1)C1C2CCC1CNC2. The lowest BCUT2D eigenvalue weighted by atomic mass is 9.91. The van der Waals surface area contributed by atoms with Gasteiger partial charge in [-0.25, -0.2) is 4.39 Å². The molecule has 4 nitrogen and oxygen atoms in total. The van der Waals surface area contributed by atoms with Crippen LogP contribution in [0, 0.1) is 23.6 Å². The average molecular weight is 438 g/mol. The third-order valence-electron chi connectivity index (χ3n) is 6.66. The first-order chi connectivity index (χ1) is 15.5. The summed E-state index contributed by atoms with van der Waals surface area (Å²) in [5.41, 5.74) is 2.30. The normalized spacial score (nSPS) is 22.1. The third-order valence-corrected chi connectivity index (χ3v) is 6.66. The fourth-order valence-corrected chi connectivity index (χ4v) is 5.00. The van der Waals surface area contributed by atoms with Gasteiger partial charge in [0, 0.05) is 19.1 Å². The zero-order valence-electron chi connectivity index (χ0n) is 19.3. The predicted molar refractivity (Wildman–Crippen MR) is 128 cm³/mol. The second-order valence-corrected chi connectivity index (χ2v) is 9.65. The van der Waals surface area contributed by atoms with Crippen molar-refractivity contribution < 1.29 is 9.13 Å². The largest absolute Gasteiger partial charge is 0.493 e. The third kappa shape index (κ3) is 5.63. The molecule has 1 saturated heterocycles. The quantitative estimate of drug-likeness (QED) is 0.553. The number of hydrogen-bond donors (Lipinski definition) is 2. The van der Waals surface area contributed by atoms with Crippen LogP contribution in [-0.4, -0.2) is 30.6 Å². The predicted octanol–water partition coefficient (Wildman–Crippen LogP) is 4.92. The first-order valence-corrected chi connectivity index (χ1v) is 11.9. The van der Waals surface area contributed by atoms with Gasteiger partial charge in [0.2, 0.25) is 0 Å². The molecule has 4 rings (SSSR count). The Kier molecular flexibility index (Phi) is 7.36. The molecule has 2 bridgehead atoms. The van der Waals surface area contributed by atoms with Crippen molar-refractivity contribution in [1.82, 2.24) is 15.5 Å². The van der Waals surface area contributed by atoms with E-state index in [2.05, 4.69) is 48.1 Å². The van der Waals surface area contributed by atoms with Crippen molar-refractivity contribution in [2.75, 3.05) is 19.7 Å². The van der Waals surface area contributed by atoms with Gasteiger partial charge in [-0.05, 0) is 79.1 Å². The summed E-state index contributed by atoms with van der Waals surface area (Å²) in [6, 6.07) is 15.6. The summed E-state index contributed by atoms with van der Waals surface area (Å²) in [6.45, 7) is 13.0. The van der Waals surface area contributed by atoms with Gasteiger partial charge in [0.25, 0.3) is 0 Å². The number of rotatable bonds is 10. The molecule has 2 atom stereocenters. The number of nitrogens with zero attached hydrogens (tertiary/aromatic N) is 1. The van der Waals surface area contributed by atoms with Crippen LogP contribution in [0.15, 0.2) is 60.9 Å². The van der Waals surface area contributed by atoms with Crippen molar-refractivity contribution >= 4 is 0 Å². The molecule has 1 saturated carbocycles. The molecule has 2 N–H and O–H groups in total. The van der Waals surface area contributed by atoms with E-state index in [0.717, 1.165) is 43.4 Å². The summed E-state index contributed by atoms with van der Waals surface area (Å²) in [4.78, 5) is 2.43. The molecular weight excluding hydrogens is 401 g/mol. The average Bonchev–Trinajstić information content (AvgIpc) is 3.03. The lowest BCUT2D eigenvalue weighted by molar-refractivity contribution is 0.123. The Hall–Kier alpha value is -2.53. The van der Waals surface area contributed by atoms with E-state index < -0.39 is 0 Å². The fraction of sp³-hybridized carbons (Fsp3) is 0.481. The number of nitrogens with one attached hydrogen (secondary N) is 2. The highest BCUT2D eigenvalue weighted by molar-refractivity contribution is 5.27. The van der Waals surface area contributed by atoms with Gasteiger partial charge in [-0.1, -0.05) is 44.7 Å². The van der Waals surface area contributed by atoms with Crippen LogP contribution in [0.25, 0.3) is 0 Å². The van der Waals surface area contributed by atoms with Gasteiger partial charge in [0.1, 0.15) is 11.6 Å². The van der Waals surface area contributed by atoms with Crippen molar-refractivity contribution in [3.63, 3.8) is 0 Å². The molecule has 172 valence electrons. The van der Waals surface area contributed by atoms with Crippen LogP contribution in [0.4, 0.5) is 4.39 Å². The molecule has 1 aliphatic carbocycles. The lowest BCUT2D eigenvalue weighted by Gasteiger charge is -2.42. The molecule has 2 aromatic carbocycles. The minimum atomic E-state index is -0.194. The van der Waals surface area contributed by atoms with Gasteiger partial charge in [-0.2, -0.15) is 0 Å². The Labute approximate surface area is 191 Å². The van der Waals surface area contributed by atoms with Crippen molar-refractivity contribution in [3.8, 4) is 5.75 Å². The highest BCUT2D eigenvalue weighted by atomic mass is 19.1. The van der Waals surface area contributed by atoms with E-state index in [4.69, 9.17) is 4.74 Å². The molecular formula is C27H36FN3O. The molecule has 1 aliphatic heterocycles. The van der Waals surface area contributed by atoms with E-state index in [1.54, 1.807) is 12.1 Å². The van der Waals surface area contributed by atoms with E-state index >= 15 is 0 Å². The lowest BCUT2D eigenvalue weighted by Crippen LogP contribution is -2.52. The molecule has 0 spiro atoms. The first-order valence-electron chi connectivity index (χ1n) is 11.9. The topological polar surface area (TPSA) is 36.5 Å². The Bertz CT molecular complexity index is 865. The first kappa shape index (κ1) is 22.7. The zero-order chi connectivity index (χ0) is 22.5. The number of ether oxygens (including phenoxy) is 1. The van der Waals surface area contributed by atoms with Crippen LogP contribution < -0.4 is 15.4 Å². The molecule has 0 amide bonds. The molecule has 0 radical (unpaired) electrons. The van der Waals surface area contributed by atoms with Gasteiger partial charge in [0.15, 0.2) is 0 Å². The fourth-order valence-electron chi connectivity index (χ4n) is 5.00. The van der Waals surface area contributed by atoms with Crippen LogP contribution in [0.1, 0.15) is 37.8 Å². The van der Waals surface area contributed by atoms with Gasteiger partial charge in [-0.3, -0.25) is 0 Å². The number of piperidine rings is 1. The molecule has 2 aliphatic rings. The maximum absolute atomic E-state index is 13.4. The molecule has 2 fully saturated rings. The van der Waals surface area contributed by atoms with Crippen molar-refractivity contribution in [2.45, 2.75) is 45.8 Å². The number of halogens is 1. The molecule has 5 heteroatoms. The molecule has 1 heterocycles. The van der Waals surface area contributed by atoms with Crippen LogP contribution in [-0.2, 0) is 13.1 Å². The van der Waals surface area contributed by atoms with Crippen molar-refractivity contribution in [2.24, 2.45) is 17.8 Å². The van der Waals surface area contributed by atoms with Gasteiger partial charge >= 0.3 is 0 Å². The summed E-state index contributed by atoms with van der Waals surface area (Å²) in [5.74, 6) is 3.43. The highest BCUT2D eigenvalue weighted by Crippen LogP contribution is 2.39. The van der Waals surface area contributed by atoms with Crippen molar-refractivity contribution in [1.29, 1.82) is 0 Å². The standard InChI is InChI=1S/C27H36FN3O/c1-19(2)18-32-26-12-6-21(7-13-26)14-30-20(3)31(17-22-4-10-25(28)11-5-22)27-23-8-9-24(27)16-29-15-23/h4-7,10-13,19,23-24,27,29-30H,3,8-9,14-18H2,1-2H3. The number of hydrogen-bond acceptors (Lipinski definition) is 4. The maximum Gasteiger partial charge on any atom is 0.123 e. The summed E-state index contributed by atoms with van der Waals surface area (Å²) in [7, 11) is 0. The van der Waals surface area contributed by atoms with Crippen LogP contribution in [0.2, 0.25) is 0 Å². The molecule has 32 heavy (non-hydrogen) atoms. The maximum atomic E-state index is 13.4. The smallest absolute Gasteiger partial charge is 0.123 e. The highest BCUT2D eigenvalue weighted by Gasteiger charge is 2.42. The number of benzene rings is 2. The summed E-state index contributed by atoms with van der Waals surface area (Å²) < 4.78 is 19.2. The minimum absolute atomic E-state index is 0.194. The monoisotopic (exact) mass is 437 g/mol. The van der Waals surface area contributed by atoms with E-state index in [0.29, 0.717) is 30.3 Å². The molecule has 2 unspecified atom stereocenters. The van der Waals surface area contributed by atoms with Crippen LogP contribution >= 0.6 is 0 Å². The Balaban J connectivity index is 1.42. The molecule has 2 aromatic rings. The summed E-state index contributed by atoms with van der Waals surface area (Å²) in [5, 5.41) is 7.15. The Morgan fingerprint density at radius 2 is 1.69 bits per heavy atom. The Morgan fingerprint density at radius 1 is 1.06 bits per heavy atom. The van der Waals surface area contributed by atoms with E-state index in [9.17, 15) is 4.39 Å². The van der Waals surface area contributed by atoms with Crippen molar-refractivity contribution in [3.05, 3.63) is 77.9 Å². The zero-order valence-corrected chi connectivity index (χ0v) is 19.3.